The normalized spacial score (nSPS) is 20.7. The Labute approximate surface area is 450 Å². The Morgan fingerprint density at radius 1 is 0.720 bits per heavy atom. The van der Waals surface area contributed by atoms with Gasteiger partial charge >= 0.3 is 59.7 Å². The van der Waals surface area contributed by atoms with Crippen molar-refractivity contribution in [1.29, 1.82) is 5.26 Å². The molecule has 23 nitrogen and oxygen atoms in total. The van der Waals surface area contributed by atoms with Gasteiger partial charge in [-0.25, -0.2) is 0 Å². The lowest BCUT2D eigenvalue weighted by atomic mass is 9.69. The van der Waals surface area contributed by atoms with Crippen LogP contribution in [0.4, 0.5) is 0 Å². The van der Waals surface area contributed by atoms with Gasteiger partial charge in [-0.1, -0.05) is 33.0 Å². The van der Waals surface area contributed by atoms with E-state index >= 15 is 0 Å². The van der Waals surface area contributed by atoms with Crippen LogP contribution < -0.4 is 0 Å². The topological polar surface area (TPSA) is 338 Å². The second-order valence-corrected chi connectivity index (χ2v) is 21.9. The minimum atomic E-state index is -1.94. The van der Waals surface area contributed by atoms with Crippen LogP contribution in [0.1, 0.15) is 114 Å². The molecule has 0 aromatic heterocycles. The molecule has 75 heavy (non-hydrogen) atoms. The number of hydrogen-bond donors (Lipinski definition) is 3. The highest BCUT2D eigenvalue weighted by Gasteiger charge is 2.48. The molecule has 0 bridgehead atoms. The van der Waals surface area contributed by atoms with Gasteiger partial charge in [-0.3, -0.25) is 47.9 Å². The molecule has 0 saturated carbocycles. The van der Waals surface area contributed by atoms with Crippen molar-refractivity contribution < 1.29 is 106 Å². The zero-order chi connectivity index (χ0) is 57.2. The molecule has 1 heterocycles. The van der Waals surface area contributed by atoms with Crippen LogP contribution >= 0.6 is 35.7 Å². The molecule has 10 unspecified atom stereocenters. The van der Waals surface area contributed by atoms with Gasteiger partial charge in [-0.05, 0) is 71.0 Å². The largest absolute Gasteiger partial charge is 0.481 e. The molecule has 0 spiro atoms. The van der Waals surface area contributed by atoms with E-state index in [4.69, 9.17) is 54.8 Å². The fraction of sp³-hybridized carbons (Fsp3) is 0.755. The number of hydrogen-bond acceptors (Lipinski definition) is 24. The number of ether oxygens (including phenoxy) is 9. The third-order valence-electron chi connectivity index (χ3n) is 12.1. The molecule has 1 saturated heterocycles. The van der Waals surface area contributed by atoms with E-state index in [0.29, 0.717) is 9.28 Å². The highest BCUT2D eigenvalue weighted by atomic mass is 32.2. The van der Waals surface area contributed by atoms with Crippen molar-refractivity contribution in [3.8, 4) is 6.07 Å². The summed E-state index contributed by atoms with van der Waals surface area (Å²) in [5.41, 5.74) is -1.94. The lowest BCUT2D eigenvalue weighted by Crippen LogP contribution is -2.54. The second kappa shape index (κ2) is 34.5. The number of aliphatic carboxylic acids is 2. The van der Waals surface area contributed by atoms with E-state index in [9.17, 15) is 68.5 Å². The van der Waals surface area contributed by atoms with E-state index in [1.54, 1.807) is 13.8 Å². The number of esters is 8. The third kappa shape index (κ3) is 25.5. The monoisotopic (exact) mass is 1120 g/mol. The first kappa shape index (κ1) is 67.9. The standard InChI is InChI=1S/C49H73NO22S3/c1-11-16-74-48(73)75-24-36(42(59)64-10)19-34(43(60)65-15-13-40(57)58)17-33(44(61)66-21-26(2)51)18-35(45(62)67-22-27(3)69-30(6)52)20-37(49(9,25-50)14-12-39(55)56)46(63)68-23-38-28(4)29(5)41(70-31(7)53)47(72-38)71-32(8)54/h26-29,33-38,41,47,51H,11-24H2,1-10H3,(H,55,56)(H,57,58)/t26?,27?,28-,29-,33?,34?,35?,36?,37?,38?,41?,47-,49?/m0/s1. The van der Waals surface area contributed by atoms with Crippen molar-refractivity contribution >= 4 is 99.0 Å². The fourth-order valence-corrected chi connectivity index (χ4v) is 10.1. The predicted molar refractivity (Wildman–Crippen MR) is 270 cm³/mol. The van der Waals surface area contributed by atoms with Crippen molar-refractivity contribution in [2.75, 3.05) is 45.0 Å². The average molecular weight is 1120 g/mol. The van der Waals surface area contributed by atoms with Gasteiger partial charge in [0.25, 0.3) is 0 Å². The van der Waals surface area contributed by atoms with Crippen molar-refractivity contribution in [2.24, 2.45) is 46.8 Å². The number of carboxylic acids is 2. The number of aliphatic hydroxyl groups excluding tert-OH is 1. The molecule has 424 valence electrons. The van der Waals surface area contributed by atoms with Crippen LogP contribution in [0, 0.1) is 58.2 Å². The maximum absolute atomic E-state index is 14.6. The summed E-state index contributed by atoms with van der Waals surface area (Å²) in [6.07, 6.45) is -8.98. The molecular formula is C49H73NO22S3. The molecule has 0 aromatic carbocycles. The quantitative estimate of drug-likeness (QED) is 0.0450. The second-order valence-electron chi connectivity index (χ2n) is 18.6. The number of carbonyl (C=O) groups excluding carboxylic acids is 8. The zero-order valence-electron chi connectivity index (χ0n) is 44.1. The highest BCUT2D eigenvalue weighted by Crippen LogP contribution is 2.41. The lowest BCUT2D eigenvalue weighted by molar-refractivity contribution is -0.272. The summed E-state index contributed by atoms with van der Waals surface area (Å²) in [5.74, 6) is -17.8. The average Bonchev–Trinajstić information content (AvgIpc) is 3.33. The Morgan fingerprint density at radius 3 is 1.77 bits per heavy atom. The van der Waals surface area contributed by atoms with Gasteiger partial charge < -0.3 is 58.0 Å². The number of carbonyl (C=O) groups is 10. The summed E-state index contributed by atoms with van der Waals surface area (Å²) in [4.78, 5) is 130. The zero-order valence-corrected chi connectivity index (χ0v) is 46.5. The Hall–Kier alpha value is -5.10. The molecule has 0 amide bonds. The molecule has 0 aromatic rings. The summed E-state index contributed by atoms with van der Waals surface area (Å²) < 4.78 is 49.6. The van der Waals surface area contributed by atoms with Gasteiger partial charge in [-0.15, -0.1) is 23.5 Å². The van der Waals surface area contributed by atoms with Crippen LogP contribution in [0.15, 0.2) is 0 Å². The molecule has 0 aliphatic carbocycles. The van der Waals surface area contributed by atoms with Gasteiger partial charge in [0.1, 0.15) is 36.1 Å². The minimum absolute atomic E-state index is 0.00137. The number of nitriles is 1. The first-order valence-corrected chi connectivity index (χ1v) is 26.7. The Kier molecular flexibility index (Phi) is 31.3. The fourth-order valence-electron chi connectivity index (χ4n) is 7.91. The van der Waals surface area contributed by atoms with Crippen LogP contribution in [-0.2, 0) is 90.6 Å². The van der Waals surface area contributed by atoms with Crippen molar-refractivity contribution in [2.45, 2.75) is 144 Å². The van der Waals surface area contributed by atoms with Crippen molar-refractivity contribution in [3.63, 3.8) is 0 Å². The molecule has 26 heteroatoms. The van der Waals surface area contributed by atoms with Crippen LogP contribution in [0.5, 0.6) is 0 Å². The first-order valence-electron chi connectivity index (χ1n) is 24.3. The van der Waals surface area contributed by atoms with Crippen LogP contribution in [0.3, 0.4) is 0 Å². The Morgan fingerprint density at radius 2 is 1.27 bits per heavy atom. The van der Waals surface area contributed by atoms with E-state index in [1.807, 2.05) is 13.0 Å². The van der Waals surface area contributed by atoms with E-state index in [0.717, 1.165) is 46.1 Å². The van der Waals surface area contributed by atoms with E-state index in [-0.39, 0.29) is 12.2 Å². The van der Waals surface area contributed by atoms with Gasteiger partial charge in [0, 0.05) is 38.9 Å². The maximum atomic E-state index is 14.6. The number of rotatable bonds is 33. The maximum Gasteiger partial charge on any atom is 0.310 e. The van der Waals surface area contributed by atoms with Gasteiger partial charge in [-0.2, -0.15) is 5.26 Å². The Bertz CT molecular complexity index is 2010. The van der Waals surface area contributed by atoms with Crippen molar-refractivity contribution in [1.82, 2.24) is 0 Å². The van der Waals surface area contributed by atoms with Crippen LogP contribution in [0.25, 0.3) is 0 Å². The molecule has 1 fully saturated rings. The van der Waals surface area contributed by atoms with Crippen LogP contribution in [-0.4, -0.2) is 154 Å². The summed E-state index contributed by atoms with van der Waals surface area (Å²) in [5, 5.41) is 39.9. The van der Waals surface area contributed by atoms with Gasteiger partial charge in [0.2, 0.25) is 6.29 Å². The molecule has 13 atom stereocenters. The molecular weight excluding hydrogens is 1050 g/mol. The predicted octanol–water partition coefficient (Wildman–Crippen LogP) is 4.83. The number of thiocarbonyl (C=S) groups is 1. The number of thioether (sulfide) groups is 2. The SMILES string of the molecule is CCCSC(=S)SCC(CC(CC(CC(CC(C(=O)OCC1O[C@H](OC(C)=O)C(OC(C)=O)[C@@H](C)[C@@H]1C)C(C)(C#N)CCC(=O)O)C(=O)OCC(C)OC(C)=O)C(=O)OCC(C)O)C(=O)OCCC(=O)O)C(=O)OC. The summed E-state index contributed by atoms with van der Waals surface area (Å²) in [6.45, 7) is 10.4. The number of carboxylic acid groups (broad SMARTS) is 2. The molecule has 1 aliphatic rings. The smallest absolute Gasteiger partial charge is 0.310 e. The first-order chi connectivity index (χ1) is 35.1. The van der Waals surface area contributed by atoms with E-state index in [2.05, 4.69) is 0 Å². The molecule has 0 radical (unpaired) electrons. The third-order valence-corrected chi connectivity index (χ3v) is 15.2. The van der Waals surface area contributed by atoms with E-state index < -0.39 is 202 Å². The van der Waals surface area contributed by atoms with E-state index in [1.165, 1.54) is 32.5 Å². The number of aliphatic hydroxyl groups is 1. The molecule has 1 rings (SSSR count). The van der Waals surface area contributed by atoms with Gasteiger partial charge in [0.05, 0.1) is 66.8 Å². The van der Waals surface area contributed by atoms with Gasteiger partial charge in [0.15, 0.2) is 6.10 Å². The minimum Gasteiger partial charge on any atom is -0.481 e. The highest BCUT2D eigenvalue weighted by molar-refractivity contribution is 8.47. The van der Waals surface area contributed by atoms with Crippen LogP contribution in [0.2, 0.25) is 0 Å². The Balaban J connectivity index is 4.08. The molecule has 1 aliphatic heterocycles. The lowest BCUT2D eigenvalue weighted by Gasteiger charge is -2.43. The van der Waals surface area contributed by atoms with Crippen molar-refractivity contribution in [3.05, 3.63) is 0 Å². The number of nitrogens with zero attached hydrogens (tertiary/aromatic N) is 1. The molecule has 3 N–H and O–H groups in total. The summed E-state index contributed by atoms with van der Waals surface area (Å²) in [7, 11) is 1.12. The number of methoxy groups -OCH3 is 1. The summed E-state index contributed by atoms with van der Waals surface area (Å²) in [6, 6.07) is 2.00. The summed E-state index contributed by atoms with van der Waals surface area (Å²) >= 11 is 7.97.